The number of halogens is 2. The summed E-state index contributed by atoms with van der Waals surface area (Å²) >= 11 is 1.43. The summed E-state index contributed by atoms with van der Waals surface area (Å²) in [6.45, 7) is 0.203. The van der Waals surface area contributed by atoms with Gasteiger partial charge in [-0.25, -0.2) is 13.8 Å². The van der Waals surface area contributed by atoms with E-state index in [1.54, 1.807) is 7.05 Å². The zero-order valence-corrected chi connectivity index (χ0v) is 15.4. The number of fused-ring (bicyclic) bond motifs is 1. The van der Waals surface area contributed by atoms with Gasteiger partial charge >= 0.3 is 0 Å². The minimum atomic E-state index is -0.917. The number of para-hydroxylation sites is 1. The van der Waals surface area contributed by atoms with Crippen LogP contribution in [0.2, 0.25) is 0 Å². The lowest BCUT2D eigenvalue weighted by Crippen LogP contribution is -2.29. The fourth-order valence-electron chi connectivity index (χ4n) is 2.49. The summed E-state index contributed by atoms with van der Waals surface area (Å²) in [4.78, 5) is 30.1. The molecule has 0 aliphatic rings. The number of carbonyl (C=O) groups excluding carboxylic acids is 2. The van der Waals surface area contributed by atoms with Crippen LogP contribution in [0.15, 0.2) is 42.5 Å². The maximum Gasteiger partial charge on any atom is 0.254 e. The summed E-state index contributed by atoms with van der Waals surface area (Å²) < 4.78 is 27.4. The van der Waals surface area contributed by atoms with Crippen molar-refractivity contribution in [1.82, 2.24) is 10.3 Å². The van der Waals surface area contributed by atoms with E-state index in [-0.39, 0.29) is 24.4 Å². The fourth-order valence-corrected chi connectivity index (χ4v) is 3.43. The SMILES string of the molecule is CN(C(=O)CCCNC(=O)c1ccc(F)cc1F)c1nc2ccccc2s1. The van der Waals surface area contributed by atoms with Gasteiger partial charge in [-0.1, -0.05) is 23.5 Å². The van der Waals surface area contributed by atoms with Gasteiger partial charge in [-0.05, 0) is 30.7 Å². The van der Waals surface area contributed by atoms with Crippen LogP contribution in [0.3, 0.4) is 0 Å². The molecule has 0 aliphatic heterocycles. The highest BCUT2D eigenvalue weighted by atomic mass is 32.1. The van der Waals surface area contributed by atoms with Gasteiger partial charge < -0.3 is 5.32 Å². The molecule has 0 unspecified atom stereocenters. The average Bonchev–Trinajstić information content (AvgIpc) is 3.08. The lowest BCUT2D eigenvalue weighted by molar-refractivity contribution is -0.118. The predicted molar refractivity (Wildman–Crippen MR) is 101 cm³/mol. The number of aromatic nitrogens is 1. The summed E-state index contributed by atoms with van der Waals surface area (Å²) in [7, 11) is 1.66. The van der Waals surface area contributed by atoms with Crippen LogP contribution in [-0.4, -0.2) is 30.4 Å². The van der Waals surface area contributed by atoms with Crippen LogP contribution in [0.1, 0.15) is 23.2 Å². The minimum Gasteiger partial charge on any atom is -0.352 e. The van der Waals surface area contributed by atoms with E-state index in [1.807, 2.05) is 24.3 Å². The van der Waals surface area contributed by atoms with Crippen molar-refractivity contribution in [3.8, 4) is 0 Å². The first-order chi connectivity index (χ1) is 13.0. The Hall–Kier alpha value is -2.87. The maximum atomic E-state index is 13.6. The number of nitrogens with one attached hydrogen (secondary N) is 1. The van der Waals surface area contributed by atoms with E-state index in [0.717, 1.165) is 22.3 Å². The molecule has 1 N–H and O–H groups in total. The number of anilines is 1. The number of carbonyl (C=O) groups is 2. The largest absolute Gasteiger partial charge is 0.352 e. The van der Waals surface area contributed by atoms with Crippen LogP contribution in [0.4, 0.5) is 13.9 Å². The Kier molecular flexibility index (Phi) is 5.75. The molecule has 0 saturated carbocycles. The third-order valence-electron chi connectivity index (χ3n) is 3.97. The minimum absolute atomic E-state index is 0.128. The molecule has 140 valence electrons. The number of amides is 2. The molecule has 1 aromatic heterocycles. The Labute approximate surface area is 158 Å². The molecule has 0 saturated heterocycles. The Balaban J connectivity index is 1.49. The number of thiazole rings is 1. The summed E-state index contributed by atoms with van der Waals surface area (Å²) in [5.74, 6) is -2.43. The van der Waals surface area contributed by atoms with E-state index in [1.165, 1.54) is 16.2 Å². The van der Waals surface area contributed by atoms with Crippen LogP contribution >= 0.6 is 11.3 Å². The number of nitrogens with zero attached hydrogens (tertiary/aromatic N) is 2. The molecule has 1 heterocycles. The second-order valence-electron chi connectivity index (χ2n) is 5.90. The van der Waals surface area contributed by atoms with Gasteiger partial charge in [-0.2, -0.15) is 0 Å². The van der Waals surface area contributed by atoms with E-state index in [0.29, 0.717) is 17.6 Å². The lowest BCUT2D eigenvalue weighted by atomic mass is 10.2. The highest BCUT2D eigenvalue weighted by molar-refractivity contribution is 7.22. The van der Waals surface area contributed by atoms with Crippen LogP contribution in [0.25, 0.3) is 10.2 Å². The molecule has 0 aliphatic carbocycles. The van der Waals surface area contributed by atoms with Crippen molar-refractivity contribution < 1.29 is 18.4 Å². The van der Waals surface area contributed by atoms with Crippen molar-refractivity contribution in [2.45, 2.75) is 12.8 Å². The zero-order chi connectivity index (χ0) is 19.4. The van der Waals surface area contributed by atoms with Crippen molar-refractivity contribution in [2.24, 2.45) is 0 Å². The number of rotatable bonds is 6. The standard InChI is InChI=1S/C19H17F2N3O2S/c1-24(19-23-15-5-2-3-6-16(15)27-19)17(25)7-4-10-22-18(26)13-9-8-12(20)11-14(13)21/h2-3,5-6,8-9,11H,4,7,10H2,1H3,(H,22,26). The Morgan fingerprint density at radius 2 is 1.96 bits per heavy atom. The van der Waals surface area contributed by atoms with E-state index in [4.69, 9.17) is 0 Å². The van der Waals surface area contributed by atoms with Gasteiger partial charge in [0.2, 0.25) is 5.91 Å². The second-order valence-corrected chi connectivity index (χ2v) is 6.91. The third-order valence-corrected chi connectivity index (χ3v) is 5.09. The topological polar surface area (TPSA) is 62.3 Å². The lowest BCUT2D eigenvalue weighted by Gasteiger charge is -2.13. The van der Waals surface area contributed by atoms with Crippen LogP contribution in [0.5, 0.6) is 0 Å². The molecule has 3 rings (SSSR count). The Morgan fingerprint density at radius 3 is 2.70 bits per heavy atom. The van der Waals surface area contributed by atoms with Gasteiger partial charge in [0.1, 0.15) is 11.6 Å². The number of hydrogen-bond acceptors (Lipinski definition) is 4. The van der Waals surface area contributed by atoms with Gasteiger partial charge in [0.25, 0.3) is 5.91 Å². The van der Waals surface area contributed by atoms with Gasteiger partial charge in [-0.15, -0.1) is 0 Å². The zero-order valence-electron chi connectivity index (χ0n) is 14.5. The summed E-state index contributed by atoms with van der Waals surface area (Å²) in [6.07, 6.45) is 0.598. The fraction of sp³-hybridized carbons (Fsp3) is 0.211. The van der Waals surface area contributed by atoms with Crippen LogP contribution < -0.4 is 10.2 Å². The summed E-state index contributed by atoms with van der Waals surface area (Å²) in [5.41, 5.74) is 0.611. The molecule has 0 bridgehead atoms. The second kappa shape index (κ2) is 8.22. The predicted octanol–water partition coefficient (Wildman–Crippen LogP) is 3.75. The van der Waals surface area contributed by atoms with Crippen molar-refractivity contribution in [3.05, 3.63) is 59.7 Å². The molecule has 0 fully saturated rings. The molecule has 2 amide bonds. The van der Waals surface area contributed by atoms with Crippen molar-refractivity contribution in [2.75, 3.05) is 18.5 Å². The Bertz CT molecular complexity index is 957. The van der Waals surface area contributed by atoms with Crippen molar-refractivity contribution in [1.29, 1.82) is 0 Å². The van der Waals surface area contributed by atoms with Crippen molar-refractivity contribution in [3.63, 3.8) is 0 Å². The summed E-state index contributed by atoms with van der Waals surface area (Å²) in [5, 5.41) is 3.14. The molecular weight excluding hydrogens is 372 g/mol. The molecular formula is C19H17F2N3O2S. The van der Waals surface area contributed by atoms with Gasteiger partial charge in [0.15, 0.2) is 5.13 Å². The average molecular weight is 389 g/mol. The molecule has 0 spiro atoms. The Morgan fingerprint density at radius 1 is 1.19 bits per heavy atom. The first-order valence-electron chi connectivity index (χ1n) is 8.31. The quantitative estimate of drug-likeness (QED) is 0.653. The molecule has 8 heteroatoms. The van der Waals surface area contributed by atoms with Gasteiger partial charge in [0.05, 0.1) is 15.8 Å². The third kappa shape index (κ3) is 4.46. The molecule has 2 aromatic carbocycles. The highest BCUT2D eigenvalue weighted by Crippen LogP contribution is 2.28. The van der Waals surface area contributed by atoms with Gasteiger partial charge in [-0.3, -0.25) is 14.5 Å². The molecule has 5 nitrogen and oxygen atoms in total. The van der Waals surface area contributed by atoms with Crippen LogP contribution in [0, 0.1) is 11.6 Å². The first-order valence-corrected chi connectivity index (χ1v) is 9.13. The number of hydrogen-bond donors (Lipinski definition) is 1. The van der Waals surface area contributed by atoms with E-state index < -0.39 is 17.5 Å². The van der Waals surface area contributed by atoms with E-state index in [9.17, 15) is 18.4 Å². The molecule has 0 atom stereocenters. The van der Waals surface area contributed by atoms with Gasteiger partial charge in [0, 0.05) is 26.1 Å². The van der Waals surface area contributed by atoms with E-state index >= 15 is 0 Å². The van der Waals surface area contributed by atoms with Crippen molar-refractivity contribution >= 4 is 38.5 Å². The van der Waals surface area contributed by atoms with Crippen LogP contribution in [-0.2, 0) is 4.79 Å². The monoisotopic (exact) mass is 389 g/mol. The number of benzene rings is 2. The maximum absolute atomic E-state index is 13.6. The molecule has 0 radical (unpaired) electrons. The highest BCUT2D eigenvalue weighted by Gasteiger charge is 2.16. The molecule has 3 aromatic rings. The first kappa shape index (κ1) is 18.9. The normalized spacial score (nSPS) is 10.8. The molecule has 27 heavy (non-hydrogen) atoms. The van der Waals surface area contributed by atoms with E-state index in [2.05, 4.69) is 10.3 Å². The summed E-state index contributed by atoms with van der Waals surface area (Å²) in [6, 6.07) is 10.4. The smallest absolute Gasteiger partial charge is 0.254 e.